The summed E-state index contributed by atoms with van der Waals surface area (Å²) in [6.45, 7) is 5.55. The van der Waals surface area contributed by atoms with Crippen LogP contribution in [0.1, 0.15) is 31.0 Å². The summed E-state index contributed by atoms with van der Waals surface area (Å²) in [4.78, 5) is 0. The molecule has 0 bridgehead atoms. The Labute approximate surface area is 137 Å². The summed E-state index contributed by atoms with van der Waals surface area (Å²) in [5.74, 6) is 1.58. The Morgan fingerprint density at radius 3 is 2.52 bits per heavy atom. The summed E-state index contributed by atoms with van der Waals surface area (Å²) < 4.78 is 11.2. The Kier molecular flexibility index (Phi) is 4.55. The lowest BCUT2D eigenvalue weighted by atomic mass is 9.95. The fraction of sp³-hybridized carbons (Fsp3) is 0.368. The maximum Gasteiger partial charge on any atom is 0.161 e. The molecule has 4 nitrogen and oxygen atoms in total. The van der Waals surface area contributed by atoms with Crippen molar-refractivity contribution in [3.05, 3.63) is 59.7 Å². The van der Waals surface area contributed by atoms with E-state index in [0.717, 1.165) is 22.6 Å². The number of benzene rings is 2. The van der Waals surface area contributed by atoms with Gasteiger partial charge in [-0.2, -0.15) is 0 Å². The van der Waals surface area contributed by atoms with E-state index in [1.807, 2.05) is 55.5 Å². The van der Waals surface area contributed by atoms with Crippen molar-refractivity contribution in [1.82, 2.24) is 5.32 Å². The van der Waals surface area contributed by atoms with E-state index in [4.69, 9.17) is 9.47 Å². The van der Waals surface area contributed by atoms with Crippen LogP contribution in [-0.2, 0) is 5.60 Å². The van der Waals surface area contributed by atoms with Crippen molar-refractivity contribution >= 4 is 0 Å². The maximum absolute atomic E-state index is 10.7. The van der Waals surface area contributed by atoms with E-state index in [0.29, 0.717) is 19.8 Å². The molecule has 2 unspecified atom stereocenters. The second-order valence-corrected chi connectivity index (χ2v) is 6.15. The van der Waals surface area contributed by atoms with Crippen LogP contribution < -0.4 is 14.8 Å². The molecule has 0 aromatic heterocycles. The summed E-state index contributed by atoms with van der Waals surface area (Å²) >= 11 is 0. The Balaban J connectivity index is 1.66. The minimum atomic E-state index is -0.913. The van der Waals surface area contributed by atoms with E-state index in [2.05, 4.69) is 12.2 Å². The third-order valence-electron chi connectivity index (χ3n) is 4.21. The molecule has 1 heterocycles. The quantitative estimate of drug-likeness (QED) is 0.891. The third-order valence-corrected chi connectivity index (χ3v) is 4.21. The Morgan fingerprint density at radius 1 is 1.09 bits per heavy atom. The molecule has 0 spiro atoms. The van der Waals surface area contributed by atoms with Crippen LogP contribution in [-0.4, -0.2) is 24.9 Å². The van der Waals surface area contributed by atoms with Gasteiger partial charge in [0.15, 0.2) is 11.5 Å². The van der Waals surface area contributed by atoms with Crippen molar-refractivity contribution in [3.8, 4) is 11.5 Å². The highest BCUT2D eigenvalue weighted by Crippen LogP contribution is 2.32. The molecule has 122 valence electrons. The average Bonchev–Trinajstić information content (AvgIpc) is 2.60. The molecule has 4 heteroatoms. The first-order valence-corrected chi connectivity index (χ1v) is 7.97. The lowest BCUT2D eigenvalue weighted by Gasteiger charge is -2.27. The van der Waals surface area contributed by atoms with Crippen LogP contribution in [0.25, 0.3) is 0 Å². The van der Waals surface area contributed by atoms with Crippen molar-refractivity contribution < 1.29 is 14.6 Å². The van der Waals surface area contributed by atoms with Gasteiger partial charge in [-0.15, -0.1) is 0 Å². The molecular formula is C19H23NO3. The van der Waals surface area contributed by atoms with Gasteiger partial charge in [0.05, 0.1) is 5.60 Å². The van der Waals surface area contributed by atoms with Crippen LogP contribution >= 0.6 is 0 Å². The van der Waals surface area contributed by atoms with Crippen LogP contribution in [0.5, 0.6) is 11.5 Å². The Bertz CT molecular complexity index is 655. The molecule has 0 aliphatic carbocycles. The van der Waals surface area contributed by atoms with E-state index < -0.39 is 5.60 Å². The van der Waals surface area contributed by atoms with E-state index in [9.17, 15) is 5.11 Å². The molecule has 1 aliphatic heterocycles. The molecule has 1 aliphatic rings. The number of aliphatic hydroxyl groups is 1. The summed E-state index contributed by atoms with van der Waals surface area (Å²) in [6.07, 6.45) is 0. The first kappa shape index (κ1) is 15.8. The van der Waals surface area contributed by atoms with Crippen molar-refractivity contribution in [1.29, 1.82) is 0 Å². The summed E-state index contributed by atoms with van der Waals surface area (Å²) in [6, 6.07) is 15.8. The van der Waals surface area contributed by atoms with Gasteiger partial charge in [0, 0.05) is 12.6 Å². The van der Waals surface area contributed by atoms with Crippen LogP contribution in [0, 0.1) is 0 Å². The highest BCUT2D eigenvalue weighted by atomic mass is 16.6. The lowest BCUT2D eigenvalue weighted by Crippen LogP contribution is -2.36. The van der Waals surface area contributed by atoms with Gasteiger partial charge < -0.3 is 19.9 Å². The molecule has 0 amide bonds. The Morgan fingerprint density at radius 2 is 1.78 bits per heavy atom. The van der Waals surface area contributed by atoms with E-state index in [-0.39, 0.29) is 6.04 Å². The van der Waals surface area contributed by atoms with E-state index >= 15 is 0 Å². The summed E-state index contributed by atoms with van der Waals surface area (Å²) in [5.41, 5.74) is 1.10. The minimum Gasteiger partial charge on any atom is -0.486 e. The van der Waals surface area contributed by atoms with Gasteiger partial charge >= 0.3 is 0 Å². The van der Waals surface area contributed by atoms with Crippen molar-refractivity contribution in [2.45, 2.75) is 25.5 Å². The zero-order valence-corrected chi connectivity index (χ0v) is 13.6. The number of ether oxygens (including phenoxy) is 2. The molecule has 0 saturated carbocycles. The van der Waals surface area contributed by atoms with Crippen LogP contribution in [0.4, 0.5) is 0 Å². The number of fused-ring (bicyclic) bond motifs is 1. The monoisotopic (exact) mass is 313 g/mol. The molecular weight excluding hydrogens is 290 g/mol. The van der Waals surface area contributed by atoms with Crippen molar-refractivity contribution in [2.24, 2.45) is 0 Å². The third kappa shape index (κ3) is 3.66. The van der Waals surface area contributed by atoms with Gasteiger partial charge in [-0.05, 0) is 37.1 Å². The van der Waals surface area contributed by atoms with Crippen LogP contribution in [0.3, 0.4) is 0 Å². The second-order valence-electron chi connectivity index (χ2n) is 6.15. The molecule has 0 radical (unpaired) electrons. The highest BCUT2D eigenvalue weighted by Gasteiger charge is 2.23. The summed E-state index contributed by atoms with van der Waals surface area (Å²) in [7, 11) is 0. The maximum atomic E-state index is 10.7. The molecule has 2 atom stereocenters. The normalized spacial score (nSPS) is 17.3. The predicted molar refractivity (Wildman–Crippen MR) is 89.9 cm³/mol. The van der Waals surface area contributed by atoms with Crippen LogP contribution in [0.2, 0.25) is 0 Å². The largest absolute Gasteiger partial charge is 0.486 e. The fourth-order valence-corrected chi connectivity index (χ4v) is 2.70. The second kappa shape index (κ2) is 6.60. The Hall–Kier alpha value is -2.04. The highest BCUT2D eigenvalue weighted by molar-refractivity contribution is 5.44. The molecule has 0 fully saturated rings. The molecule has 2 aromatic carbocycles. The number of rotatable bonds is 5. The topological polar surface area (TPSA) is 50.7 Å². The summed E-state index contributed by atoms with van der Waals surface area (Å²) in [5, 5.41) is 14.1. The lowest BCUT2D eigenvalue weighted by molar-refractivity contribution is 0.0543. The van der Waals surface area contributed by atoms with Gasteiger partial charge in [0.25, 0.3) is 0 Å². The number of nitrogens with one attached hydrogen (secondary N) is 1. The van der Waals surface area contributed by atoms with E-state index in [1.165, 1.54) is 0 Å². The minimum absolute atomic E-state index is 0.0982. The van der Waals surface area contributed by atoms with Crippen LogP contribution in [0.15, 0.2) is 48.5 Å². The fourth-order valence-electron chi connectivity index (χ4n) is 2.70. The molecule has 23 heavy (non-hydrogen) atoms. The van der Waals surface area contributed by atoms with Crippen molar-refractivity contribution in [3.63, 3.8) is 0 Å². The molecule has 2 aromatic rings. The van der Waals surface area contributed by atoms with Gasteiger partial charge in [0.1, 0.15) is 13.2 Å². The number of hydrogen-bond acceptors (Lipinski definition) is 4. The first-order chi connectivity index (χ1) is 11.1. The standard InChI is InChI=1S/C19H23NO3/c1-14(15-8-9-17-18(12-15)23-11-10-22-17)20-13-19(2,21)16-6-4-3-5-7-16/h3-9,12,14,20-21H,10-11,13H2,1-2H3. The van der Waals surface area contributed by atoms with Gasteiger partial charge in [0.2, 0.25) is 0 Å². The van der Waals surface area contributed by atoms with Gasteiger partial charge in [-0.1, -0.05) is 36.4 Å². The SMILES string of the molecule is CC(NCC(C)(O)c1ccccc1)c1ccc2c(c1)OCCO2. The zero-order valence-electron chi connectivity index (χ0n) is 13.6. The number of hydrogen-bond donors (Lipinski definition) is 2. The van der Waals surface area contributed by atoms with Crippen molar-refractivity contribution in [2.75, 3.05) is 19.8 Å². The average molecular weight is 313 g/mol. The predicted octanol–water partition coefficient (Wildman–Crippen LogP) is 3.02. The zero-order chi connectivity index (χ0) is 16.3. The first-order valence-electron chi connectivity index (χ1n) is 7.97. The van der Waals surface area contributed by atoms with Gasteiger partial charge in [-0.3, -0.25) is 0 Å². The van der Waals surface area contributed by atoms with Gasteiger partial charge in [-0.25, -0.2) is 0 Å². The smallest absolute Gasteiger partial charge is 0.161 e. The molecule has 3 rings (SSSR count). The van der Waals surface area contributed by atoms with E-state index in [1.54, 1.807) is 0 Å². The molecule has 0 saturated heterocycles. The molecule has 2 N–H and O–H groups in total.